The summed E-state index contributed by atoms with van der Waals surface area (Å²) in [4.78, 5) is 0.111. The van der Waals surface area contributed by atoms with E-state index < -0.39 is 10.0 Å². The Morgan fingerprint density at radius 3 is 2.74 bits per heavy atom. The number of nitrogens with two attached hydrogens (primary N) is 1. The largest absolute Gasteiger partial charge is 0.495 e. The molecule has 0 aliphatic heterocycles. The van der Waals surface area contributed by atoms with Gasteiger partial charge in [0.05, 0.1) is 7.11 Å². The number of sulfonamides is 1. The van der Waals surface area contributed by atoms with E-state index in [2.05, 4.69) is 4.72 Å². The van der Waals surface area contributed by atoms with Gasteiger partial charge in [-0.1, -0.05) is 0 Å². The first-order chi connectivity index (χ1) is 8.90. The van der Waals surface area contributed by atoms with Crippen LogP contribution in [0.1, 0.15) is 13.3 Å². The number of anilines is 1. The molecule has 0 radical (unpaired) electrons. The van der Waals surface area contributed by atoms with E-state index in [0.29, 0.717) is 5.69 Å². The van der Waals surface area contributed by atoms with Crippen molar-refractivity contribution >= 4 is 27.5 Å². The van der Waals surface area contributed by atoms with Gasteiger partial charge in [-0.05, 0) is 37.5 Å². The summed E-state index contributed by atoms with van der Waals surface area (Å²) >= 11 is 1.69. The van der Waals surface area contributed by atoms with Crippen molar-refractivity contribution in [1.82, 2.24) is 4.72 Å². The highest BCUT2D eigenvalue weighted by atomic mass is 32.2. The van der Waals surface area contributed by atoms with Crippen LogP contribution in [-0.2, 0) is 10.0 Å². The maximum Gasteiger partial charge on any atom is 0.244 e. The van der Waals surface area contributed by atoms with Crippen molar-refractivity contribution < 1.29 is 13.2 Å². The third-order valence-electron chi connectivity index (χ3n) is 2.59. The molecule has 1 aromatic carbocycles. The lowest BCUT2D eigenvalue weighted by Gasteiger charge is -2.15. The zero-order chi connectivity index (χ0) is 14.5. The van der Waals surface area contributed by atoms with Crippen molar-refractivity contribution in [2.75, 3.05) is 24.9 Å². The second-order valence-corrected chi connectivity index (χ2v) is 6.88. The summed E-state index contributed by atoms with van der Waals surface area (Å²) in [6, 6.07) is 4.38. The van der Waals surface area contributed by atoms with Gasteiger partial charge < -0.3 is 10.5 Å². The molecule has 0 aromatic heterocycles. The van der Waals surface area contributed by atoms with Crippen molar-refractivity contribution in [2.24, 2.45) is 0 Å². The Bertz CT molecular complexity index is 518. The normalized spacial score (nSPS) is 13.2. The van der Waals surface area contributed by atoms with E-state index in [9.17, 15) is 8.42 Å². The van der Waals surface area contributed by atoms with Crippen LogP contribution in [0.15, 0.2) is 23.1 Å². The van der Waals surface area contributed by atoms with Gasteiger partial charge in [-0.2, -0.15) is 11.8 Å². The molecular formula is C12H20N2O3S2. The van der Waals surface area contributed by atoms with E-state index in [1.807, 2.05) is 13.2 Å². The molecule has 0 fully saturated rings. The summed E-state index contributed by atoms with van der Waals surface area (Å²) in [5, 5.41) is 0. The highest BCUT2D eigenvalue weighted by Gasteiger charge is 2.21. The number of hydrogen-bond acceptors (Lipinski definition) is 5. The van der Waals surface area contributed by atoms with Crippen LogP contribution in [0.25, 0.3) is 0 Å². The van der Waals surface area contributed by atoms with E-state index in [1.165, 1.54) is 19.2 Å². The summed E-state index contributed by atoms with van der Waals surface area (Å²) in [6.45, 7) is 1.84. The predicted molar refractivity (Wildman–Crippen MR) is 80.2 cm³/mol. The van der Waals surface area contributed by atoms with Gasteiger partial charge in [0.15, 0.2) is 0 Å². The van der Waals surface area contributed by atoms with Crippen molar-refractivity contribution in [3.05, 3.63) is 18.2 Å². The quantitative estimate of drug-likeness (QED) is 0.749. The van der Waals surface area contributed by atoms with Gasteiger partial charge in [-0.15, -0.1) is 0 Å². The number of methoxy groups -OCH3 is 1. The molecule has 0 heterocycles. The van der Waals surface area contributed by atoms with Crippen molar-refractivity contribution in [2.45, 2.75) is 24.3 Å². The van der Waals surface area contributed by atoms with Gasteiger partial charge in [0.1, 0.15) is 10.6 Å². The van der Waals surface area contributed by atoms with Gasteiger partial charge in [-0.3, -0.25) is 0 Å². The van der Waals surface area contributed by atoms with Crippen molar-refractivity contribution in [1.29, 1.82) is 0 Å². The topological polar surface area (TPSA) is 81.4 Å². The summed E-state index contributed by atoms with van der Waals surface area (Å²) in [5.41, 5.74) is 6.08. The van der Waals surface area contributed by atoms with Crippen LogP contribution in [0.2, 0.25) is 0 Å². The average molecular weight is 304 g/mol. The minimum absolute atomic E-state index is 0.111. The van der Waals surface area contributed by atoms with E-state index >= 15 is 0 Å². The molecule has 0 spiro atoms. The Kier molecular flexibility index (Phi) is 5.96. The minimum atomic E-state index is -3.59. The Labute approximate surface area is 119 Å². The fourth-order valence-electron chi connectivity index (χ4n) is 1.59. The molecule has 0 aliphatic rings. The zero-order valence-corrected chi connectivity index (χ0v) is 13.0. The fourth-order valence-corrected chi connectivity index (χ4v) is 3.61. The third-order valence-corrected chi connectivity index (χ3v) is 4.86. The van der Waals surface area contributed by atoms with Crippen LogP contribution in [0, 0.1) is 0 Å². The standard InChI is InChI=1S/C12H20N2O3S2/c1-9(6-7-18-3)14-19(15,16)12-5-4-10(13)8-11(12)17-2/h4-5,8-9,14H,6-7,13H2,1-3H3. The van der Waals surface area contributed by atoms with E-state index in [4.69, 9.17) is 10.5 Å². The maximum absolute atomic E-state index is 12.3. The molecule has 0 bridgehead atoms. The lowest BCUT2D eigenvalue weighted by Crippen LogP contribution is -2.33. The number of hydrogen-bond donors (Lipinski definition) is 2. The van der Waals surface area contributed by atoms with Crippen LogP contribution in [0.4, 0.5) is 5.69 Å². The first kappa shape index (κ1) is 16.1. The van der Waals surface area contributed by atoms with Gasteiger partial charge in [-0.25, -0.2) is 13.1 Å². The number of nitrogens with one attached hydrogen (secondary N) is 1. The lowest BCUT2D eigenvalue weighted by molar-refractivity contribution is 0.402. The molecule has 1 rings (SSSR count). The second-order valence-electron chi connectivity index (χ2n) is 4.21. The Hall–Kier alpha value is -0.920. The average Bonchev–Trinajstić information content (AvgIpc) is 2.35. The van der Waals surface area contributed by atoms with E-state index in [-0.39, 0.29) is 16.7 Å². The summed E-state index contributed by atoms with van der Waals surface area (Å²) < 4.78 is 32.2. The van der Waals surface area contributed by atoms with Gasteiger partial charge >= 0.3 is 0 Å². The highest BCUT2D eigenvalue weighted by Crippen LogP contribution is 2.26. The van der Waals surface area contributed by atoms with Gasteiger partial charge in [0.25, 0.3) is 0 Å². The summed E-state index contributed by atoms with van der Waals surface area (Å²) in [6.07, 6.45) is 2.77. The molecular weight excluding hydrogens is 284 g/mol. The second kappa shape index (κ2) is 7.02. The van der Waals surface area contributed by atoms with Crippen LogP contribution >= 0.6 is 11.8 Å². The van der Waals surface area contributed by atoms with Crippen molar-refractivity contribution in [3.8, 4) is 5.75 Å². The molecule has 0 amide bonds. The molecule has 1 aromatic rings. The fraction of sp³-hybridized carbons (Fsp3) is 0.500. The van der Waals surface area contributed by atoms with Crippen molar-refractivity contribution in [3.63, 3.8) is 0 Å². The number of benzene rings is 1. The number of nitrogen functional groups attached to an aromatic ring is 1. The molecule has 19 heavy (non-hydrogen) atoms. The highest BCUT2D eigenvalue weighted by molar-refractivity contribution is 7.98. The van der Waals surface area contributed by atoms with Gasteiger partial charge in [0.2, 0.25) is 10.0 Å². The van der Waals surface area contributed by atoms with Crippen LogP contribution in [0.5, 0.6) is 5.75 Å². The summed E-state index contributed by atoms with van der Waals surface area (Å²) in [5.74, 6) is 1.16. The summed E-state index contributed by atoms with van der Waals surface area (Å²) in [7, 11) is -2.17. The van der Waals surface area contributed by atoms with Crippen LogP contribution < -0.4 is 15.2 Å². The van der Waals surface area contributed by atoms with E-state index in [0.717, 1.165) is 12.2 Å². The number of thioether (sulfide) groups is 1. The monoisotopic (exact) mass is 304 g/mol. The maximum atomic E-state index is 12.3. The van der Waals surface area contributed by atoms with Crippen LogP contribution in [-0.4, -0.2) is 33.6 Å². The Balaban J connectivity index is 2.94. The molecule has 0 aliphatic carbocycles. The SMILES string of the molecule is COc1cc(N)ccc1S(=O)(=O)NC(C)CCSC. The zero-order valence-electron chi connectivity index (χ0n) is 11.3. The molecule has 3 N–H and O–H groups in total. The first-order valence-electron chi connectivity index (χ1n) is 5.85. The predicted octanol–water partition coefficient (Wildman–Crippen LogP) is 1.70. The number of ether oxygens (including phenoxy) is 1. The Morgan fingerprint density at radius 2 is 2.16 bits per heavy atom. The molecule has 1 atom stereocenters. The molecule has 0 saturated heterocycles. The smallest absolute Gasteiger partial charge is 0.244 e. The van der Waals surface area contributed by atoms with Gasteiger partial charge in [0, 0.05) is 17.8 Å². The molecule has 0 saturated carbocycles. The van der Waals surface area contributed by atoms with E-state index in [1.54, 1.807) is 17.8 Å². The molecule has 108 valence electrons. The lowest BCUT2D eigenvalue weighted by atomic mass is 10.3. The molecule has 1 unspecified atom stereocenters. The molecule has 5 nitrogen and oxygen atoms in total. The Morgan fingerprint density at radius 1 is 1.47 bits per heavy atom. The molecule has 7 heteroatoms. The van der Waals surface area contributed by atoms with Crippen LogP contribution in [0.3, 0.4) is 0 Å². The number of rotatable bonds is 7. The first-order valence-corrected chi connectivity index (χ1v) is 8.73. The minimum Gasteiger partial charge on any atom is -0.495 e. The third kappa shape index (κ3) is 4.59.